The topological polar surface area (TPSA) is 85.8 Å². The molecule has 0 aliphatic carbocycles. The number of rotatable bonds is 5. The van der Waals surface area contributed by atoms with Gasteiger partial charge in [0.2, 0.25) is 11.0 Å². The number of benzene rings is 2. The van der Waals surface area contributed by atoms with Crippen molar-refractivity contribution in [2.75, 3.05) is 11.2 Å². The fourth-order valence-corrected chi connectivity index (χ4v) is 3.34. The third-order valence-corrected chi connectivity index (χ3v) is 5.02. The zero-order chi connectivity index (χ0) is 18.7. The number of thioether (sulfide) groups is 1. The highest BCUT2D eigenvalue weighted by Crippen LogP contribution is 2.23. The smallest absolute Gasteiger partial charge is 0.315 e. The minimum atomic E-state index is -0.453. The summed E-state index contributed by atoms with van der Waals surface area (Å²) in [6.07, 6.45) is 0. The van der Waals surface area contributed by atoms with Gasteiger partial charge in [0.05, 0.1) is 0 Å². The molecule has 3 N–H and O–H groups in total. The predicted octanol–water partition coefficient (Wildman–Crippen LogP) is 3.66. The third-order valence-electron chi connectivity index (χ3n) is 3.77. The van der Waals surface area contributed by atoms with Gasteiger partial charge in [0, 0.05) is 16.5 Å². The maximum absolute atomic E-state index is 12.5. The molecular weight excluding hydrogens is 370 g/mol. The molecule has 0 saturated carbocycles. The summed E-state index contributed by atoms with van der Waals surface area (Å²) in [5.41, 5.74) is 3.46. The van der Waals surface area contributed by atoms with Crippen molar-refractivity contribution in [2.45, 2.75) is 24.8 Å². The van der Waals surface area contributed by atoms with Crippen molar-refractivity contribution in [1.29, 1.82) is 0 Å². The molecule has 1 heterocycles. The molecule has 6 nitrogen and oxygen atoms in total. The van der Waals surface area contributed by atoms with E-state index in [0.717, 1.165) is 15.8 Å². The standard InChI is InChI=1S/C18H18ClN5OS/c1-11-4-3-5-13(8-11)10-26-18-23-22-16(17(25)24(18)20)21-15-9-14(19)7-6-12(15)2/h3-9H,10,20H2,1-2H3,(H,21,22). The summed E-state index contributed by atoms with van der Waals surface area (Å²) in [4.78, 5) is 12.5. The van der Waals surface area contributed by atoms with Gasteiger partial charge in [0.1, 0.15) is 0 Å². The Morgan fingerprint density at radius 2 is 2.00 bits per heavy atom. The van der Waals surface area contributed by atoms with Crippen molar-refractivity contribution >= 4 is 34.9 Å². The largest absolute Gasteiger partial charge is 0.334 e. The van der Waals surface area contributed by atoms with Gasteiger partial charge in [-0.2, -0.15) is 4.68 Å². The van der Waals surface area contributed by atoms with Crippen LogP contribution < -0.4 is 16.7 Å². The second-order valence-corrected chi connectivity index (χ2v) is 7.25. The number of anilines is 2. The van der Waals surface area contributed by atoms with Gasteiger partial charge in [0.25, 0.3) is 0 Å². The fraction of sp³-hybridized carbons (Fsp3) is 0.167. The molecule has 0 spiro atoms. The quantitative estimate of drug-likeness (QED) is 0.513. The van der Waals surface area contributed by atoms with Crippen LogP contribution in [0.1, 0.15) is 16.7 Å². The summed E-state index contributed by atoms with van der Waals surface area (Å²) >= 11 is 7.36. The Balaban J connectivity index is 1.80. The van der Waals surface area contributed by atoms with E-state index < -0.39 is 5.56 Å². The van der Waals surface area contributed by atoms with E-state index in [9.17, 15) is 4.79 Å². The summed E-state index contributed by atoms with van der Waals surface area (Å²) in [6, 6.07) is 13.5. The lowest BCUT2D eigenvalue weighted by Crippen LogP contribution is -2.32. The first-order valence-electron chi connectivity index (χ1n) is 7.90. The maximum Gasteiger partial charge on any atom is 0.315 e. The first-order chi connectivity index (χ1) is 12.4. The SMILES string of the molecule is Cc1cccc(CSc2nnc(Nc3cc(Cl)ccc3C)c(=O)n2N)c1. The van der Waals surface area contributed by atoms with Crippen LogP contribution in [0.4, 0.5) is 11.5 Å². The lowest BCUT2D eigenvalue weighted by Gasteiger charge is -2.11. The van der Waals surface area contributed by atoms with Crippen LogP contribution in [0.2, 0.25) is 5.02 Å². The Morgan fingerprint density at radius 1 is 1.19 bits per heavy atom. The third kappa shape index (κ3) is 4.17. The van der Waals surface area contributed by atoms with Crippen LogP contribution in [0.3, 0.4) is 0 Å². The van der Waals surface area contributed by atoms with Crippen LogP contribution in [0.5, 0.6) is 0 Å². The molecule has 3 rings (SSSR count). The van der Waals surface area contributed by atoms with Crippen LogP contribution >= 0.6 is 23.4 Å². The summed E-state index contributed by atoms with van der Waals surface area (Å²) in [6.45, 7) is 3.93. The number of aryl methyl sites for hydroxylation is 2. The van der Waals surface area contributed by atoms with E-state index in [1.54, 1.807) is 12.1 Å². The Morgan fingerprint density at radius 3 is 2.77 bits per heavy atom. The Kier molecular flexibility index (Phi) is 5.49. The zero-order valence-corrected chi connectivity index (χ0v) is 15.9. The van der Waals surface area contributed by atoms with E-state index in [1.165, 1.54) is 17.3 Å². The minimum absolute atomic E-state index is 0.0535. The zero-order valence-electron chi connectivity index (χ0n) is 14.4. The van der Waals surface area contributed by atoms with E-state index in [2.05, 4.69) is 21.6 Å². The summed E-state index contributed by atoms with van der Waals surface area (Å²) < 4.78 is 1.01. The van der Waals surface area contributed by atoms with Gasteiger partial charge in [0.15, 0.2) is 0 Å². The average molecular weight is 388 g/mol. The number of nitrogens with two attached hydrogens (primary N) is 1. The second kappa shape index (κ2) is 7.80. The summed E-state index contributed by atoms with van der Waals surface area (Å²) in [7, 11) is 0. The van der Waals surface area contributed by atoms with Crippen LogP contribution in [0.15, 0.2) is 52.4 Å². The highest BCUT2D eigenvalue weighted by Gasteiger charge is 2.12. The molecule has 0 bridgehead atoms. The number of nitrogen functional groups attached to an aromatic ring is 1. The van der Waals surface area contributed by atoms with E-state index in [-0.39, 0.29) is 5.82 Å². The molecule has 0 fully saturated rings. The molecule has 0 amide bonds. The normalized spacial score (nSPS) is 10.7. The number of hydrogen-bond donors (Lipinski definition) is 2. The number of hydrogen-bond acceptors (Lipinski definition) is 6. The summed E-state index contributed by atoms with van der Waals surface area (Å²) in [5.74, 6) is 6.61. The molecule has 0 atom stereocenters. The van der Waals surface area contributed by atoms with E-state index in [0.29, 0.717) is 21.6 Å². The van der Waals surface area contributed by atoms with Gasteiger partial charge in [-0.25, -0.2) is 0 Å². The van der Waals surface area contributed by atoms with E-state index in [4.69, 9.17) is 17.4 Å². The van der Waals surface area contributed by atoms with Gasteiger partial charge in [-0.3, -0.25) is 4.79 Å². The number of halogens is 1. The van der Waals surface area contributed by atoms with Crippen molar-refractivity contribution in [3.8, 4) is 0 Å². The number of aromatic nitrogens is 3. The van der Waals surface area contributed by atoms with Gasteiger partial charge in [-0.05, 0) is 37.1 Å². The summed E-state index contributed by atoms with van der Waals surface area (Å²) in [5, 5.41) is 11.9. The lowest BCUT2D eigenvalue weighted by atomic mass is 10.2. The Labute approximate surface area is 160 Å². The molecule has 1 aromatic heterocycles. The van der Waals surface area contributed by atoms with Crippen LogP contribution in [-0.4, -0.2) is 14.9 Å². The first-order valence-corrected chi connectivity index (χ1v) is 9.27. The second-order valence-electron chi connectivity index (χ2n) is 5.87. The number of nitrogens with one attached hydrogen (secondary N) is 1. The van der Waals surface area contributed by atoms with E-state index >= 15 is 0 Å². The molecule has 8 heteroatoms. The molecular formula is C18H18ClN5OS. The molecule has 3 aromatic rings. The molecule has 0 aliphatic heterocycles. The van der Waals surface area contributed by atoms with Crippen LogP contribution in [-0.2, 0) is 5.75 Å². The molecule has 0 aliphatic rings. The van der Waals surface area contributed by atoms with Gasteiger partial charge < -0.3 is 11.2 Å². The van der Waals surface area contributed by atoms with Gasteiger partial charge in [-0.1, -0.05) is 59.3 Å². The van der Waals surface area contributed by atoms with Gasteiger partial charge in [-0.15, -0.1) is 10.2 Å². The molecule has 0 radical (unpaired) electrons. The van der Waals surface area contributed by atoms with Crippen LogP contribution in [0.25, 0.3) is 0 Å². The van der Waals surface area contributed by atoms with Crippen molar-refractivity contribution in [1.82, 2.24) is 14.9 Å². The lowest BCUT2D eigenvalue weighted by molar-refractivity contribution is 0.705. The van der Waals surface area contributed by atoms with Crippen molar-refractivity contribution in [3.05, 3.63) is 74.5 Å². The molecule has 0 saturated heterocycles. The average Bonchev–Trinajstić information content (AvgIpc) is 2.61. The minimum Gasteiger partial charge on any atom is -0.334 e. The van der Waals surface area contributed by atoms with E-state index in [1.807, 2.05) is 38.1 Å². The highest BCUT2D eigenvalue weighted by atomic mass is 35.5. The van der Waals surface area contributed by atoms with Crippen LogP contribution in [0, 0.1) is 13.8 Å². The molecule has 0 unspecified atom stereocenters. The van der Waals surface area contributed by atoms with Crippen molar-refractivity contribution in [3.63, 3.8) is 0 Å². The van der Waals surface area contributed by atoms with Crippen molar-refractivity contribution < 1.29 is 0 Å². The Bertz CT molecular complexity index is 1010. The molecule has 134 valence electrons. The fourth-order valence-electron chi connectivity index (χ4n) is 2.37. The van der Waals surface area contributed by atoms with Gasteiger partial charge >= 0.3 is 5.56 Å². The monoisotopic (exact) mass is 387 g/mol. The maximum atomic E-state index is 12.5. The highest BCUT2D eigenvalue weighted by molar-refractivity contribution is 7.98. The Hall–Kier alpha value is -2.51. The molecule has 26 heavy (non-hydrogen) atoms. The predicted molar refractivity (Wildman–Crippen MR) is 107 cm³/mol. The molecule has 2 aromatic carbocycles. The van der Waals surface area contributed by atoms with Crippen molar-refractivity contribution in [2.24, 2.45) is 0 Å². The number of nitrogens with zero attached hydrogens (tertiary/aromatic N) is 3. The first kappa shape index (κ1) is 18.3.